The van der Waals surface area contributed by atoms with Gasteiger partial charge in [0, 0.05) is 11.9 Å². The minimum Gasteiger partial charge on any atom is -0.494 e. The monoisotopic (exact) mass is 375 g/mol. The van der Waals surface area contributed by atoms with Crippen LogP contribution >= 0.6 is 23.2 Å². The van der Waals surface area contributed by atoms with Crippen LogP contribution in [0.1, 0.15) is 6.92 Å². The molecule has 0 fully saturated rings. The third-order valence-electron chi connectivity index (χ3n) is 3.11. The van der Waals surface area contributed by atoms with Crippen molar-refractivity contribution >= 4 is 40.5 Å². The van der Waals surface area contributed by atoms with Gasteiger partial charge < -0.3 is 15.4 Å². The highest BCUT2D eigenvalue weighted by atomic mass is 35.5. The second kappa shape index (κ2) is 8.97. The molecule has 0 unspecified atom stereocenters. The van der Waals surface area contributed by atoms with Crippen molar-refractivity contribution < 1.29 is 9.53 Å². The summed E-state index contributed by atoms with van der Waals surface area (Å²) in [4.78, 5) is 12.2. The fourth-order valence-electron chi connectivity index (χ4n) is 1.91. The van der Waals surface area contributed by atoms with Crippen molar-refractivity contribution in [2.75, 3.05) is 17.2 Å². The van der Waals surface area contributed by atoms with Crippen LogP contribution in [0.5, 0.6) is 5.75 Å². The van der Waals surface area contributed by atoms with Crippen LogP contribution < -0.4 is 15.4 Å². The summed E-state index contributed by atoms with van der Waals surface area (Å²) in [7, 11) is 0. The molecule has 0 aliphatic rings. The van der Waals surface area contributed by atoms with E-state index in [4.69, 9.17) is 27.9 Å². The molecule has 0 aliphatic carbocycles. The number of nitrogens with one attached hydrogen (secondary N) is 2. The standard InChI is InChI=1S/C18H15Cl2N3O2/c1-2-25-14-8-6-13(7-9-14)23-18(24)12(10-21)11-22-16-5-3-4-15(19)17(16)20/h3-9,11,22H,2H2,1H3,(H,23,24)/b12-11-. The zero-order valence-corrected chi connectivity index (χ0v) is 14.9. The first-order chi connectivity index (χ1) is 12.0. The molecule has 2 N–H and O–H groups in total. The van der Waals surface area contributed by atoms with Crippen LogP contribution in [-0.4, -0.2) is 12.5 Å². The minimum absolute atomic E-state index is 0.107. The maximum Gasteiger partial charge on any atom is 0.267 e. The van der Waals surface area contributed by atoms with E-state index in [1.54, 1.807) is 42.5 Å². The number of ether oxygens (including phenoxy) is 1. The summed E-state index contributed by atoms with van der Waals surface area (Å²) in [6, 6.07) is 13.7. The summed E-state index contributed by atoms with van der Waals surface area (Å²) in [5.41, 5.74) is 0.941. The average Bonchev–Trinajstić information content (AvgIpc) is 2.61. The van der Waals surface area contributed by atoms with Gasteiger partial charge >= 0.3 is 0 Å². The number of hydrogen-bond donors (Lipinski definition) is 2. The number of halogens is 2. The summed E-state index contributed by atoms with van der Waals surface area (Å²) < 4.78 is 5.33. The molecular weight excluding hydrogens is 361 g/mol. The molecule has 0 aromatic heterocycles. The summed E-state index contributed by atoms with van der Waals surface area (Å²) in [6.07, 6.45) is 1.28. The van der Waals surface area contributed by atoms with E-state index in [2.05, 4.69) is 10.6 Å². The van der Waals surface area contributed by atoms with Crippen molar-refractivity contribution in [1.29, 1.82) is 5.26 Å². The first kappa shape index (κ1) is 18.7. The van der Waals surface area contributed by atoms with Crippen LogP contribution in [0.2, 0.25) is 10.0 Å². The molecule has 1 amide bonds. The van der Waals surface area contributed by atoms with Crippen LogP contribution in [-0.2, 0) is 4.79 Å². The fourth-order valence-corrected chi connectivity index (χ4v) is 2.27. The van der Waals surface area contributed by atoms with E-state index in [0.29, 0.717) is 33.8 Å². The van der Waals surface area contributed by atoms with Gasteiger partial charge in [-0.3, -0.25) is 4.79 Å². The van der Waals surface area contributed by atoms with Crippen molar-refractivity contribution in [2.24, 2.45) is 0 Å². The predicted molar refractivity (Wildman–Crippen MR) is 100 cm³/mol. The average molecular weight is 376 g/mol. The van der Waals surface area contributed by atoms with Gasteiger partial charge in [-0.2, -0.15) is 5.26 Å². The molecule has 2 aromatic rings. The molecule has 0 saturated carbocycles. The van der Waals surface area contributed by atoms with Crippen molar-refractivity contribution in [3.63, 3.8) is 0 Å². The molecule has 0 saturated heterocycles. The van der Waals surface area contributed by atoms with E-state index >= 15 is 0 Å². The normalized spacial score (nSPS) is 10.7. The van der Waals surface area contributed by atoms with Gasteiger partial charge in [-0.15, -0.1) is 0 Å². The van der Waals surface area contributed by atoms with E-state index in [1.165, 1.54) is 6.20 Å². The van der Waals surface area contributed by atoms with Gasteiger partial charge in [0.15, 0.2) is 0 Å². The molecule has 2 rings (SSSR count). The first-order valence-corrected chi connectivity index (χ1v) is 8.15. The van der Waals surface area contributed by atoms with E-state index < -0.39 is 5.91 Å². The number of anilines is 2. The van der Waals surface area contributed by atoms with Gasteiger partial charge in [0.05, 0.1) is 22.3 Å². The highest BCUT2D eigenvalue weighted by Crippen LogP contribution is 2.29. The SMILES string of the molecule is CCOc1ccc(NC(=O)/C(C#N)=C\Nc2cccc(Cl)c2Cl)cc1. The molecule has 5 nitrogen and oxygen atoms in total. The quantitative estimate of drug-likeness (QED) is 0.558. The maximum atomic E-state index is 12.2. The lowest BCUT2D eigenvalue weighted by Crippen LogP contribution is -2.14. The third-order valence-corrected chi connectivity index (χ3v) is 3.93. The Morgan fingerprint density at radius 2 is 1.96 bits per heavy atom. The zero-order chi connectivity index (χ0) is 18.2. The zero-order valence-electron chi connectivity index (χ0n) is 13.3. The highest BCUT2D eigenvalue weighted by Gasteiger charge is 2.10. The number of hydrogen-bond acceptors (Lipinski definition) is 4. The molecule has 0 aliphatic heterocycles. The Morgan fingerprint density at radius 3 is 2.60 bits per heavy atom. The van der Waals surface area contributed by atoms with Gasteiger partial charge in [-0.25, -0.2) is 0 Å². The van der Waals surface area contributed by atoms with Crippen molar-refractivity contribution in [3.05, 3.63) is 64.3 Å². The Hall–Kier alpha value is -2.68. The molecule has 0 atom stereocenters. The van der Waals surface area contributed by atoms with Gasteiger partial charge in [0.2, 0.25) is 0 Å². The molecule has 25 heavy (non-hydrogen) atoms. The van der Waals surface area contributed by atoms with E-state index in [-0.39, 0.29) is 5.57 Å². The number of amides is 1. The number of carbonyl (C=O) groups excluding carboxylic acids is 1. The molecule has 0 bridgehead atoms. The van der Waals surface area contributed by atoms with Crippen LogP contribution in [0.15, 0.2) is 54.2 Å². The third kappa shape index (κ3) is 5.15. The lowest BCUT2D eigenvalue weighted by molar-refractivity contribution is -0.112. The summed E-state index contributed by atoms with van der Waals surface area (Å²) in [5, 5.41) is 15.3. The summed E-state index contributed by atoms with van der Waals surface area (Å²) in [5.74, 6) is 0.158. The maximum absolute atomic E-state index is 12.2. The van der Waals surface area contributed by atoms with Crippen molar-refractivity contribution in [2.45, 2.75) is 6.92 Å². The van der Waals surface area contributed by atoms with Crippen LogP contribution in [0, 0.1) is 11.3 Å². The fraction of sp³-hybridized carbons (Fsp3) is 0.111. The number of nitrogens with zero attached hydrogens (tertiary/aromatic N) is 1. The lowest BCUT2D eigenvalue weighted by atomic mass is 10.2. The molecular formula is C18H15Cl2N3O2. The number of rotatable bonds is 6. The second-order valence-corrected chi connectivity index (χ2v) is 5.61. The Balaban J connectivity index is 2.07. The van der Waals surface area contributed by atoms with Crippen molar-refractivity contribution in [3.8, 4) is 11.8 Å². The Labute approximate surface area is 155 Å². The van der Waals surface area contributed by atoms with Crippen LogP contribution in [0.4, 0.5) is 11.4 Å². The largest absolute Gasteiger partial charge is 0.494 e. The van der Waals surface area contributed by atoms with Gasteiger partial charge in [0.1, 0.15) is 17.4 Å². The van der Waals surface area contributed by atoms with Crippen molar-refractivity contribution in [1.82, 2.24) is 0 Å². The molecule has 0 heterocycles. The molecule has 0 spiro atoms. The van der Waals surface area contributed by atoms with E-state index in [0.717, 1.165) is 0 Å². The Kier molecular flexibility index (Phi) is 6.70. The first-order valence-electron chi connectivity index (χ1n) is 7.40. The van der Waals surface area contributed by atoms with Gasteiger partial charge in [-0.05, 0) is 43.3 Å². The smallest absolute Gasteiger partial charge is 0.267 e. The predicted octanol–water partition coefficient (Wildman–Crippen LogP) is 4.85. The minimum atomic E-state index is -0.544. The topological polar surface area (TPSA) is 74.1 Å². The van der Waals surface area contributed by atoms with Crippen LogP contribution in [0.25, 0.3) is 0 Å². The Morgan fingerprint density at radius 1 is 1.24 bits per heavy atom. The highest BCUT2D eigenvalue weighted by molar-refractivity contribution is 6.43. The summed E-state index contributed by atoms with van der Waals surface area (Å²) >= 11 is 12.0. The molecule has 2 aromatic carbocycles. The van der Waals surface area contributed by atoms with Gasteiger partial charge in [0.25, 0.3) is 5.91 Å². The van der Waals surface area contributed by atoms with Gasteiger partial charge in [-0.1, -0.05) is 29.3 Å². The molecule has 7 heteroatoms. The molecule has 0 radical (unpaired) electrons. The van der Waals surface area contributed by atoms with Crippen LogP contribution in [0.3, 0.4) is 0 Å². The van der Waals surface area contributed by atoms with E-state index in [9.17, 15) is 10.1 Å². The Bertz CT molecular complexity index is 827. The number of benzene rings is 2. The lowest BCUT2D eigenvalue weighted by Gasteiger charge is -2.08. The number of nitriles is 1. The second-order valence-electron chi connectivity index (χ2n) is 4.83. The molecule has 128 valence electrons. The summed E-state index contributed by atoms with van der Waals surface area (Å²) in [6.45, 7) is 2.45. The van der Waals surface area contributed by atoms with E-state index in [1.807, 2.05) is 13.0 Å². The number of carbonyl (C=O) groups is 1.